The van der Waals surface area contributed by atoms with Gasteiger partial charge in [-0.2, -0.15) is 35.1 Å². The van der Waals surface area contributed by atoms with Gasteiger partial charge in [-0.25, -0.2) is 18.0 Å². The molecule has 0 fully saturated rings. The van der Waals surface area contributed by atoms with Gasteiger partial charge in [-0.05, 0) is 6.42 Å². The van der Waals surface area contributed by atoms with Crippen molar-refractivity contribution < 1.29 is 71.9 Å². The number of rotatable bonds is 10. The lowest BCUT2D eigenvalue weighted by Crippen LogP contribution is -2.60. The molecule has 0 N–H and O–H groups in total. The molecule has 0 saturated carbocycles. The zero-order valence-corrected chi connectivity index (χ0v) is 15.5. The third-order valence-electron chi connectivity index (χ3n) is 3.01. The Kier molecular flexibility index (Phi) is 8.79. The van der Waals surface area contributed by atoms with Crippen LogP contribution in [-0.4, -0.2) is 61.5 Å². The average Bonchev–Trinajstić information content (AvgIpc) is 2.54. The van der Waals surface area contributed by atoms with E-state index >= 15 is 0 Å². The number of unbranched alkanes of at least 4 members (excludes halogenated alkanes) is 1. The fraction of sp³-hybridized carbons (Fsp3) is 0.692. The van der Waals surface area contributed by atoms with E-state index in [9.17, 15) is 57.7 Å². The number of alkyl halides is 8. The zero-order chi connectivity index (χ0) is 24.2. The molecule has 0 aromatic carbocycles. The third-order valence-corrected chi connectivity index (χ3v) is 3.86. The fourth-order valence-electron chi connectivity index (χ4n) is 1.36. The highest BCUT2D eigenvalue weighted by molar-refractivity contribution is 7.86. The van der Waals surface area contributed by atoms with E-state index in [0.717, 1.165) is 0 Å². The Morgan fingerprint density at radius 1 is 1.03 bits per heavy atom. The minimum Gasteiger partial charge on any atom is -0.743 e. The first kappa shape index (κ1) is 28.0. The smallest absolute Gasteiger partial charge is 0.468 e. The molecule has 0 aliphatic carbocycles. The van der Waals surface area contributed by atoms with E-state index in [1.807, 2.05) is 0 Å². The van der Waals surface area contributed by atoms with Gasteiger partial charge in [0.1, 0.15) is 12.2 Å². The maximum Gasteiger partial charge on any atom is 0.468 e. The predicted molar refractivity (Wildman–Crippen MR) is 76.5 cm³/mol. The molecular formula is C13H13F8O8S-. The minimum absolute atomic E-state index is 0.117. The molecule has 1 unspecified atom stereocenters. The SMILES string of the molecule is C=C(C(=O)OC(OCC(F)(F)S(=O)(=O)[O-])(C(=O)OCCCC)C(F)(F)F)C(F)(F)F. The summed E-state index contributed by atoms with van der Waals surface area (Å²) in [5.41, 5.74) is -2.59. The van der Waals surface area contributed by atoms with Crippen LogP contribution in [0.25, 0.3) is 0 Å². The highest BCUT2D eigenvalue weighted by atomic mass is 32.2. The van der Waals surface area contributed by atoms with Gasteiger partial charge in [-0.15, -0.1) is 0 Å². The molecule has 17 heteroatoms. The molecule has 0 aromatic heterocycles. The van der Waals surface area contributed by atoms with Crippen LogP contribution in [0.15, 0.2) is 12.2 Å². The second-order valence-electron chi connectivity index (χ2n) is 5.35. The summed E-state index contributed by atoms with van der Waals surface area (Å²) in [5.74, 6) is -11.0. The topological polar surface area (TPSA) is 119 Å². The van der Waals surface area contributed by atoms with Crippen LogP contribution in [0.2, 0.25) is 0 Å². The Labute approximate surface area is 163 Å². The van der Waals surface area contributed by atoms with Crippen molar-refractivity contribution in [2.75, 3.05) is 13.2 Å². The van der Waals surface area contributed by atoms with Crippen molar-refractivity contribution in [3.8, 4) is 0 Å². The lowest BCUT2D eigenvalue weighted by Gasteiger charge is -2.33. The quantitative estimate of drug-likeness (QED) is 0.117. The monoisotopic (exact) mass is 481 g/mol. The van der Waals surface area contributed by atoms with E-state index in [1.165, 1.54) is 6.92 Å². The van der Waals surface area contributed by atoms with Gasteiger partial charge in [0.2, 0.25) is 0 Å². The summed E-state index contributed by atoms with van der Waals surface area (Å²) in [6.45, 7) is -0.291. The summed E-state index contributed by atoms with van der Waals surface area (Å²) in [7, 11) is -6.65. The van der Waals surface area contributed by atoms with Gasteiger partial charge in [0.05, 0.1) is 6.61 Å². The number of carbonyl (C=O) groups excluding carboxylic acids is 2. The van der Waals surface area contributed by atoms with Gasteiger partial charge >= 0.3 is 35.3 Å². The molecule has 0 bridgehead atoms. The minimum atomic E-state index is -6.65. The van der Waals surface area contributed by atoms with Crippen LogP contribution < -0.4 is 0 Å². The van der Waals surface area contributed by atoms with E-state index < -0.39 is 64.2 Å². The van der Waals surface area contributed by atoms with Crippen LogP contribution in [0.3, 0.4) is 0 Å². The number of ether oxygens (including phenoxy) is 3. The third kappa shape index (κ3) is 6.76. The first-order valence-electron chi connectivity index (χ1n) is 7.43. The van der Waals surface area contributed by atoms with Crippen LogP contribution >= 0.6 is 0 Å². The predicted octanol–water partition coefficient (Wildman–Crippen LogP) is 2.40. The van der Waals surface area contributed by atoms with E-state index in [-0.39, 0.29) is 12.8 Å². The zero-order valence-electron chi connectivity index (χ0n) is 14.7. The number of hydrogen-bond donors (Lipinski definition) is 0. The normalized spacial score (nSPS) is 15.3. The Bertz CT molecular complexity index is 758. The van der Waals surface area contributed by atoms with Crippen molar-refractivity contribution in [2.45, 2.75) is 43.2 Å². The summed E-state index contributed by atoms with van der Waals surface area (Å²) in [4.78, 5) is 23.2. The van der Waals surface area contributed by atoms with Gasteiger partial charge < -0.3 is 18.8 Å². The summed E-state index contributed by atoms with van der Waals surface area (Å²) in [6.07, 6.45) is -11.9. The van der Waals surface area contributed by atoms with E-state index in [2.05, 4.69) is 20.8 Å². The molecule has 0 amide bonds. The molecule has 0 saturated heterocycles. The van der Waals surface area contributed by atoms with Crippen molar-refractivity contribution in [3.05, 3.63) is 12.2 Å². The summed E-state index contributed by atoms with van der Waals surface area (Å²) in [6, 6.07) is 0. The number of halogens is 8. The average molecular weight is 481 g/mol. The highest BCUT2D eigenvalue weighted by Crippen LogP contribution is 2.39. The largest absolute Gasteiger partial charge is 0.743 e. The first-order valence-corrected chi connectivity index (χ1v) is 8.84. The fourth-order valence-corrected chi connectivity index (χ4v) is 1.56. The van der Waals surface area contributed by atoms with E-state index in [1.54, 1.807) is 0 Å². The Hall–Kier alpha value is -2.01. The van der Waals surface area contributed by atoms with Crippen molar-refractivity contribution >= 4 is 22.1 Å². The maximum absolute atomic E-state index is 13.4. The number of hydrogen-bond acceptors (Lipinski definition) is 8. The molecular weight excluding hydrogens is 468 g/mol. The van der Waals surface area contributed by atoms with Crippen LogP contribution in [0.5, 0.6) is 0 Å². The number of esters is 2. The van der Waals surface area contributed by atoms with E-state index in [4.69, 9.17) is 0 Å². The van der Waals surface area contributed by atoms with Crippen molar-refractivity contribution in [3.63, 3.8) is 0 Å². The molecule has 1 atom stereocenters. The summed E-state index contributed by atoms with van der Waals surface area (Å²) in [5, 5.41) is -5.60. The van der Waals surface area contributed by atoms with Crippen LogP contribution in [0.1, 0.15) is 19.8 Å². The highest BCUT2D eigenvalue weighted by Gasteiger charge is 2.69. The van der Waals surface area contributed by atoms with Gasteiger partial charge in [0.15, 0.2) is 10.1 Å². The molecule has 8 nitrogen and oxygen atoms in total. The molecule has 30 heavy (non-hydrogen) atoms. The van der Waals surface area contributed by atoms with Gasteiger partial charge in [0, 0.05) is 0 Å². The summed E-state index contributed by atoms with van der Waals surface area (Å²) >= 11 is 0. The lowest BCUT2D eigenvalue weighted by molar-refractivity contribution is -0.360. The van der Waals surface area contributed by atoms with Gasteiger partial charge in [0.25, 0.3) is 0 Å². The first-order chi connectivity index (χ1) is 13.2. The molecule has 0 radical (unpaired) electrons. The molecule has 0 aliphatic rings. The molecule has 0 spiro atoms. The molecule has 0 aliphatic heterocycles. The van der Waals surface area contributed by atoms with Crippen LogP contribution in [-0.2, 0) is 33.9 Å². The Morgan fingerprint density at radius 3 is 1.90 bits per heavy atom. The summed E-state index contributed by atoms with van der Waals surface area (Å²) < 4.78 is 146. The van der Waals surface area contributed by atoms with Gasteiger partial charge in [-0.1, -0.05) is 19.9 Å². The van der Waals surface area contributed by atoms with Crippen LogP contribution in [0, 0.1) is 0 Å². The Morgan fingerprint density at radius 2 is 1.53 bits per heavy atom. The molecule has 0 heterocycles. The van der Waals surface area contributed by atoms with Crippen LogP contribution in [0.4, 0.5) is 35.1 Å². The number of carbonyl (C=O) groups is 2. The van der Waals surface area contributed by atoms with E-state index in [0.29, 0.717) is 0 Å². The molecule has 0 rings (SSSR count). The second kappa shape index (κ2) is 9.42. The molecule has 0 aromatic rings. The van der Waals surface area contributed by atoms with Gasteiger partial charge in [-0.3, -0.25) is 0 Å². The molecule has 176 valence electrons. The van der Waals surface area contributed by atoms with Crippen molar-refractivity contribution in [2.24, 2.45) is 0 Å². The Balaban J connectivity index is 6.25. The standard InChI is InChI=1S/C13H14F8O8S/c1-3-4-5-27-9(23)11(13(19,20)21,28-6-10(14,15)30(24,25)26)29-8(22)7(2)12(16,17)18/h2-6H2,1H3,(H,24,25,26)/p-1. The maximum atomic E-state index is 13.4. The second-order valence-corrected chi connectivity index (χ2v) is 6.86. The lowest BCUT2D eigenvalue weighted by atomic mass is 10.2. The van der Waals surface area contributed by atoms with Crippen molar-refractivity contribution in [1.82, 2.24) is 0 Å². The van der Waals surface area contributed by atoms with Crippen molar-refractivity contribution in [1.29, 1.82) is 0 Å².